The predicted molar refractivity (Wildman–Crippen MR) is 144 cm³/mol. The summed E-state index contributed by atoms with van der Waals surface area (Å²) in [6.07, 6.45) is 4.72. The zero-order valence-electron chi connectivity index (χ0n) is 21.5. The van der Waals surface area contributed by atoms with E-state index in [1.165, 1.54) is 28.7 Å². The van der Waals surface area contributed by atoms with E-state index in [0.717, 1.165) is 42.4 Å². The molecule has 2 aromatic heterocycles. The van der Waals surface area contributed by atoms with Crippen molar-refractivity contribution in [2.45, 2.75) is 32.2 Å². The Hall–Kier alpha value is -3.11. The van der Waals surface area contributed by atoms with Crippen LogP contribution in [-0.4, -0.2) is 80.3 Å². The Bertz CT molecular complexity index is 1250. The molecule has 1 fully saturated rings. The second-order valence-electron chi connectivity index (χ2n) is 9.56. The number of methoxy groups -OCH3 is 2. The number of ether oxygens (including phenoxy) is 2. The number of hydrogen-bond acceptors (Lipinski definition) is 8. The van der Waals surface area contributed by atoms with Crippen LogP contribution in [0.4, 0.5) is 16.3 Å². The molecule has 0 unspecified atom stereocenters. The highest BCUT2D eigenvalue weighted by Gasteiger charge is 2.28. The monoisotopic (exact) mass is 510 g/mol. The number of nitrogens with zero attached hydrogens (tertiary/aromatic N) is 5. The molecule has 10 heteroatoms. The summed E-state index contributed by atoms with van der Waals surface area (Å²) in [5, 5.41) is 4.23. The number of hydrogen-bond donors (Lipinski definition) is 1. The van der Waals surface area contributed by atoms with Gasteiger partial charge in [0.2, 0.25) is 0 Å². The van der Waals surface area contributed by atoms with Gasteiger partial charge in [0, 0.05) is 37.1 Å². The van der Waals surface area contributed by atoms with Crippen LogP contribution in [0.1, 0.15) is 29.1 Å². The van der Waals surface area contributed by atoms with Crippen LogP contribution in [0.5, 0.6) is 11.5 Å². The van der Waals surface area contributed by atoms with Gasteiger partial charge < -0.3 is 29.5 Å². The van der Waals surface area contributed by atoms with Gasteiger partial charge in [0.05, 0.1) is 31.8 Å². The van der Waals surface area contributed by atoms with Crippen LogP contribution in [0.25, 0.3) is 10.2 Å². The fourth-order valence-electron chi connectivity index (χ4n) is 4.98. The van der Waals surface area contributed by atoms with Gasteiger partial charge in [-0.25, -0.2) is 14.8 Å². The first-order chi connectivity index (χ1) is 17.5. The average Bonchev–Trinajstić information content (AvgIpc) is 3.26. The fraction of sp³-hybridized carbons (Fsp3) is 0.500. The van der Waals surface area contributed by atoms with Gasteiger partial charge in [-0.2, -0.15) is 0 Å². The van der Waals surface area contributed by atoms with E-state index in [-0.39, 0.29) is 6.03 Å². The maximum atomic E-state index is 13.1. The number of urea groups is 1. The first-order valence-corrected chi connectivity index (χ1v) is 13.3. The van der Waals surface area contributed by atoms with Crippen molar-refractivity contribution in [1.29, 1.82) is 0 Å². The third-order valence-electron chi connectivity index (χ3n) is 6.82. The average molecular weight is 511 g/mol. The summed E-state index contributed by atoms with van der Waals surface area (Å²) in [5.41, 5.74) is 2.07. The molecule has 0 saturated carbocycles. The van der Waals surface area contributed by atoms with Crippen molar-refractivity contribution in [1.82, 2.24) is 19.8 Å². The van der Waals surface area contributed by atoms with E-state index < -0.39 is 0 Å². The Morgan fingerprint density at radius 1 is 1.08 bits per heavy atom. The van der Waals surface area contributed by atoms with E-state index >= 15 is 0 Å². The second-order valence-corrected chi connectivity index (χ2v) is 10.6. The number of aryl methyl sites for hydroxylation is 2. The van der Waals surface area contributed by atoms with Gasteiger partial charge in [0.15, 0.2) is 0 Å². The molecule has 1 saturated heterocycles. The first kappa shape index (κ1) is 24.6. The van der Waals surface area contributed by atoms with E-state index in [9.17, 15) is 4.79 Å². The Morgan fingerprint density at radius 2 is 1.86 bits per heavy atom. The molecule has 2 amide bonds. The zero-order valence-corrected chi connectivity index (χ0v) is 22.3. The van der Waals surface area contributed by atoms with Crippen molar-refractivity contribution < 1.29 is 14.3 Å². The SMILES string of the molecule is COc1ccc(NC(=O)N2CCN(c3nc(CN(C)C)nc4sc5c(c34)CCCC5)CC2)c(OC)c1. The minimum atomic E-state index is -0.132. The maximum Gasteiger partial charge on any atom is 0.322 e. The zero-order chi connectivity index (χ0) is 25.2. The number of benzene rings is 1. The van der Waals surface area contributed by atoms with Crippen molar-refractivity contribution in [2.24, 2.45) is 0 Å². The van der Waals surface area contributed by atoms with E-state index in [1.807, 2.05) is 36.4 Å². The highest BCUT2D eigenvalue weighted by molar-refractivity contribution is 7.19. The van der Waals surface area contributed by atoms with Crippen LogP contribution < -0.4 is 19.7 Å². The highest BCUT2D eigenvalue weighted by Crippen LogP contribution is 2.40. The summed E-state index contributed by atoms with van der Waals surface area (Å²) < 4.78 is 10.7. The number of aromatic nitrogens is 2. The number of piperazine rings is 1. The highest BCUT2D eigenvalue weighted by atomic mass is 32.1. The standard InChI is InChI=1S/C26H34N6O3S/c1-30(2)16-22-28-24(23-18-7-5-6-8-21(18)36-25(23)29-22)31-11-13-32(14-12-31)26(33)27-19-10-9-17(34-3)15-20(19)35-4/h9-10,15H,5-8,11-14,16H2,1-4H3,(H,27,33). The van der Waals surface area contributed by atoms with Crippen LogP contribution in [0.2, 0.25) is 0 Å². The molecule has 36 heavy (non-hydrogen) atoms. The third kappa shape index (κ3) is 4.92. The van der Waals surface area contributed by atoms with Crippen molar-refractivity contribution in [3.63, 3.8) is 0 Å². The molecule has 2 aliphatic rings. The summed E-state index contributed by atoms with van der Waals surface area (Å²) in [7, 11) is 7.27. The van der Waals surface area contributed by atoms with Crippen molar-refractivity contribution in [3.8, 4) is 11.5 Å². The maximum absolute atomic E-state index is 13.1. The topological polar surface area (TPSA) is 83.1 Å². The quantitative estimate of drug-likeness (QED) is 0.537. The number of thiophene rings is 1. The van der Waals surface area contributed by atoms with Crippen LogP contribution >= 0.6 is 11.3 Å². The van der Waals surface area contributed by atoms with E-state index in [2.05, 4.69) is 15.1 Å². The molecule has 0 atom stereocenters. The van der Waals surface area contributed by atoms with E-state index in [0.29, 0.717) is 36.8 Å². The molecular weight excluding hydrogens is 476 g/mol. The van der Waals surface area contributed by atoms with Gasteiger partial charge in [-0.3, -0.25) is 0 Å². The molecule has 3 heterocycles. The molecule has 9 nitrogen and oxygen atoms in total. The Kier molecular flexibility index (Phi) is 7.15. The number of carbonyl (C=O) groups is 1. The smallest absolute Gasteiger partial charge is 0.322 e. The lowest BCUT2D eigenvalue weighted by Crippen LogP contribution is -2.50. The van der Waals surface area contributed by atoms with Crippen LogP contribution in [-0.2, 0) is 19.4 Å². The number of carbonyl (C=O) groups excluding carboxylic acids is 1. The largest absolute Gasteiger partial charge is 0.497 e. The molecule has 3 aromatic rings. The Balaban J connectivity index is 1.34. The molecule has 1 aliphatic carbocycles. The molecule has 0 bridgehead atoms. The lowest BCUT2D eigenvalue weighted by Gasteiger charge is -2.36. The minimum Gasteiger partial charge on any atom is -0.497 e. The van der Waals surface area contributed by atoms with Gasteiger partial charge in [-0.15, -0.1) is 11.3 Å². The number of nitrogens with one attached hydrogen (secondary N) is 1. The number of fused-ring (bicyclic) bond motifs is 3. The summed E-state index contributed by atoms with van der Waals surface area (Å²) in [6, 6.07) is 5.24. The number of amides is 2. The Labute approximate surface area is 216 Å². The normalized spacial score (nSPS) is 15.8. The van der Waals surface area contributed by atoms with E-state index in [4.69, 9.17) is 19.4 Å². The molecule has 1 aromatic carbocycles. The molecule has 1 aliphatic heterocycles. The molecule has 0 spiro atoms. The molecule has 0 radical (unpaired) electrons. The predicted octanol–water partition coefficient (Wildman–Crippen LogP) is 4.00. The van der Waals surface area contributed by atoms with Gasteiger partial charge in [0.1, 0.15) is 28.0 Å². The molecule has 5 rings (SSSR count). The molecular formula is C26H34N6O3S. The van der Waals surface area contributed by atoms with Gasteiger partial charge >= 0.3 is 6.03 Å². The van der Waals surface area contributed by atoms with Crippen molar-refractivity contribution >= 4 is 39.1 Å². The fourth-order valence-corrected chi connectivity index (χ4v) is 6.26. The van der Waals surface area contributed by atoms with Crippen molar-refractivity contribution in [2.75, 3.05) is 64.7 Å². The van der Waals surface area contributed by atoms with E-state index in [1.54, 1.807) is 26.4 Å². The summed E-state index contributed by atoms with van der Waals surface area (Å²) in [5.74, 6) is 3.14. The summed E-state index contributed by atoms with van der Waals surface area (Å²) in [4.78, 5) is 31.9. The van der Waals surface area contributed by atoms with Crippen molar-refractivity contribution in [3.05, 3.63) is 34.5 Å². The first-order valence-electron chi connectivity index (χ1n) is 12.5. The molecule has 192 valence electrons. The minimum absolute atomic E-state index is 0.132. The van der Waals surface area contributed by atoms with Crippen LogP contribution in [0, 0.1) is 0 Å². The third-order valence-corrected chi connectivity index (χ3v) is 8.00. The number of rotatable bonds is 6. The lowest BCUT2D eigenvalue weighted by molar-refractivity contribution is 0.208. The van der Waals surface area contributed by atoms with Gasteiger partial charge in [-0.1, -0.05) is 0 Å². The van der Waals surface area contributed by atoms with Gasteiger partial charge in [-0.05, 0) is 57.5 Å². The lowest BCUT2D eigenvalue weighted by atomic mass is 9.97. The summed E-state index contributed by atoms with van der Waals surface area (Å²) in [6.45, 7) is 3.39. The number of anilines is 2. The Morgan fingerprint density at radius 3 is 2.58 bits per heavy atom. The van der Waals surface area contributed by atoms with Crippen LogP contribution in [0.15, 0.2) is 18.2 Å². The molecule has 1 N–H and O–H groups in total. The second kappa shape index (κ2) is 10.5. The summed E-state index contributed by atoms with van der Waals surface area (Å²) >= 11 is 1.84. The van der Waals surface area contributed by atoms with Gasteiger partial charge in [0.25, 0.3) is 0 Å². The van der Waals surface area contributed by atoms with Crippen LogP contribution in [0.3, 0.4) is 0 Å².